The van der Waals surface area contributed by atoms with Crippen LogP contribution in [0.4, 0.5) is 0 Å². The van der Waals surface area contributed by atoms with E-state index >= 15 is 0 Å². The fourth-order valence-corrected chi connectivity index (χ4v) is 14.6. The molecular formula is C28H52N2P2. The minimum atomic E-state index is 0.164. The highest BCUT2D eigenvalue weighted by atomic mass is 31.1. The molecule has 4 heteroatoms. The Bertz CT molecular complexity index is 430. The lowest BCUT2D eigenvalue weighted by atomic mass is 9.95. The van der Waals surface area contributed by atoms with Gasteiger partial charge in [-0.05, 0) is 62.7 Å². The molecule has 4 saturated carbocycles. The summed E-state index contributed by atoms with van der Waals surface area (Å²) < 4.78 is 0. The Morgan fingerprint density at radius 3 is 0.938 bits per heavy atom. The molecule has 32 heavy (non-hydrogen) atoms. The van der Waals surface area contributed by atoms with E-state index in [0.717, 1.165) is 23.4 Å². The Morgan fingerprint density at radius 2 is 0.625 bits per heavy atom. The molecule has 184 valence electrons. The van der Waals surface area contributed by atoms with Gasteiger partial charge in [-0.2, -0.15) is 0 Å². The smallest absolute Gasteiger partial charge is 0.0204 e. The van der Waals surface area contributed by atoms with Crippen LogP contribution in [0.15, 0.2) is 0 Å². The molecule has 1 saturated heterocycles. The average Bonchev–Trinajstić information content (AvgIpc) is 2.86. The quantitative estimate of drug-likeness (QED) is 0.373. The maximum absolute atomic E-state index is 3.18. The molecule has 0 unspecified atom stereocenters. The lowest BCUT2D eigenvalue weighted by Gasteiger charge is -2.49. The first-order valence-electron chi connectivity index (χ1n) is 14.8. The van der Waals surface area contributed by atoms with Crippen LogP contribution in [0.3, 0.4) is 0 Å². The van der Waals surface area contributed by atoms with Gasteiger partial charge in [0, 0.05) is 37.2 Å². The van der Waals surface area contributed by atoms with Crippen molar-refractivity contribution in [2.45, 2.75) is 152 Å². The van der Waals surface area contributed by atoms with Crippen molar-refractivity contribution < 1.29 is 0 Å². The number of hydrogen-bond acceptors (Lipinski definition) is 2. The highest BCUT2D eigenvalue weighted by Crippen LogP contribution is 2.57. The Balaban J connectivity index is 1.37. The zero-order chi connectivity index (χ0) is 21.6. The van der Waals surface area contributed by atoms with Crippen molar-refractivity contribution in [3.8, 4) is 0 Å². The molecule has 0 N–H and O–H groups in total. The van der Waals surface area contributed by atoms with Crippen molar-refractivity contribution in [1.82, 2.24) is 9.80 Å². The summed E-state index contributed by atoms with van der Waals surface area (Å²) in [6.45, 7) is 0. The highest BCUT2D eigenvalue weighted by molar-refractivity contribution is 7.60. The van der Waals surface area contributed by atoms with Gasteiger partial charge in [0.25, 0.3) is 0 Å². The van der Waals surface area contributed by atoms with Crippen LogP contribution in [0.25, 0.3) is 0 Å². The number of hydrogen-bond donors (Lipinski definition) is 0. The van der Waals surface area contributed by atoms with Gasteiger partial charge in [-0.3, -0.25) is 9.80 Å². The second-order valence-electron chi connectivity index (χ2n) is 12.1. The van der Waals surface area contributed by atoms with Crippen LogP contribution in [0.2, 0.25) is 0 Å². The molecule has 0 radical (unpaired) electrons. The van der Waals surface area contributed by atoms with Crippen molar-refractivity contribution in [2.24, 2.45) is 0 Å². The second-order valence-corrected chi connectivity index (χ2v) is 17.0. The number of rotatable bonds is 4. The third-order valence-electron chi connectivity index (χ3n) is 9.82. The van der Waals surface area contributed by atoms with Gasteiger partial charge in [-0.1, -0.05) is 92.9 Å². The van der Waals surface area contributed by atoms with E-state index in [1.165, 1.54) is 128 Å². The molecule has 0 aromatic rings. The average molecular weight is 479 g/mol. The fourth-order valence-electron chi connectivity index (χ4n) is 7.82. The molecule has 0 atom stereocenters. The summed E-state index contributed by atoms with van der Waals surface area (Å²) in [7, 11) is 0.328. The third kappa shape index (κ3) is 6.50. The van der Waals surface area contributed by atoms with Crippen LogP contribution in [0.5, 0.6) is 0 Å². The Morgan fingerprint density at radius 1 is 0.344 bits per heavy atom. The van der Waals surface area contributed by atoms with Crippen LogP contribution < -0.4 is 0 Å². The molecule has 0 aromatic carbocycles. The van der Waals surface area contributed by atoms with E-state index in [0.29, 0.717) is 0 Å². The molecule has 5 rings (SSSR count). The van der Waals surface area contributed by atoms with Crippen molar-refractivity contribution in [3.63, 3.8) is 0 Å². The predicted octanol–water partition coefficient (Wildman–Crippen LogP) is 8.73. The Labute approximate surface area is 202 Å². The third-order valence-corrected chi connectivity index (χ3v) is 15.8. The van der Waals surface area contributed by atoms with Gasteiger partial charge in [0.15, 0.2) is 0 Å². The summed E-state index contributed by atoms with van der Waals surface area (Å²) in [5.41, 5.74) is 2.19. The molecule has 5 fully saturated rings. The largest absolute Gasteiger partial charge is 0.292 e. The van der Waals surface area contributed by atoms with E-state index < -0.39 is 0 Å². The van der Waals surface area contributed by atoms with Crippen molar-refractivity contribution in [3.05, 3.63) is 0 Å². The lowest BCUT2D eigenvalue weighted by Crippen LogP contribution is -2.46. The molecule has 0 spiro atoms. The van der Waals surface area contributed by atoms with E-state index in [1.807, 2.05) is 0 Å². The zero-order valence-corrected chi connectivity index (χ0v) is 22.9. The summed E-state index contributed by atoms with van der Waals surface area (Å²) >= 11 is 0. The normalized spacial score (nSPS) is 34.9. The monoisotopic (exact) mass is 478 g/mol. The van der Waals surface area contributed by atoms with Crippen molar-refractivity contribution in [2.75, 3.05) is 25.1 Å². The summed E-state index contributed by atoms with van der Waals surface area (Å²) in [6.07, 6.45) is 36.7. The van der Waals surface area contributed by atoms with Crippen molar-refractivity contribution >= 4 is 15.8 Å². The van der Waals surface area contributed by atoms with Crippen LogP contribution in [0, 0.1) is 0 Å². The van der Waals surface area contributed by atoms with E-state index in [1.54, 1.807) is 25.7 Å². The summed E-state index contributed by atoms with van der Waals surface area (Å²) in [4.78, 5) is 6.36. The Kier molecular flexibility index (Phi) is 9.68. The van der Waals surface area contributed by atoms with E-state index in [9.17, 15) is 0 Å². The van der Waals surface area contributed by atoms with Crippen LogP contribution in [-0.2, 0) is 0 Å². The van der Waals surface area contributed by atoms with Crippen LogP contribution in [-0.4, -0.2) is 58.3 Å². The summed E-state index contributed by atoms with van der Waals surface area (Å²) in [5.74, 6) is 0. The van der Waals surface area contributed by atoms with Gasteiger partial charge in [-0.25, -0.2) is 0 Å². The van der Waals surface area contributed by atoms with Gasteiger partial charge in [-0.15, -0.1) is 0 Å². The second kappa shape index (κ2) is 12.7. The summed E-state index contributed by atoms with van der Waals surface area (Å²) in [6, 6.07) is 1.90. The lowest BCUT2D eigenvalue weighted by molar-refractivity contribution is 0.186. The van der Waals surface area contributed by atoms with Gasteiger partial charge >= 0.3 is 0 Å². The molecule has 1 aliphatic heterocycles. The van der Waals surface area contributed by atoms with Crippen molar-refractivity contribution in [1.29, 1.82) is 0 Å². The minimum Gasteiger partial charge on any atom is -0.292 e. The zero-order valence-electron chi connectivity index (χ0n) is 21.1. The Hall–Kier alpha value is 0.780. The predicted molar refractivity (Wildman–Crippen MR) is 144 cm³/mol. The standard InChI is InChI=1S/C28H52N2P2/c1-5-13-25(14-6-1)29-21-31(27-17-9-3-10-18-27)23-30(26-15-7-2-8-16-26)24-32(22-29)28-19-11-4-12-20-28/h25-28H,1-24H2. The summed E-state index contributed by atoms with van der Waals surface area (Å²) in [5, 5.41) is 0. The topological polar surface area (TPSA) is 6.48 Å². The molecule has 0 aromatic heterocycles. The SMILES string of the molecule is C1CCC(N2CP(C3CCCCC3)CN(C3CCCCC3)CP(C3CCCCC3)C2)CC1. The number of nitrogens with zero attached hydrogens (tertiary/aromatic N) is 2. The first kappa shape index (κ1) is 24.5. The van der Waals surface area contributed by atoms with Crippen LogP contribution >= 0.6 is 15.8 Å². The van der Waals surface area contributed by atoms with Gasteiger partial charge < -0.3 is 0 Å². The van der Waals surface area contributed by atoms with Gasteiger partial charge in [0.05, 0.1) is 0 Å². The highest BCUT2D eigenvalue weighted by Gasteiger charge is 2.38. The molecule has 4 aliphatic carbocycles. The van der Waals surface area contributed by atoms with E-state index in [2.05, 4.69) is 9.80 Å². The van der Waals surface area contributed by atoms with Crippen LogP contribution in [0.1, 0.15) is 128 Å². The molecule has 2 nitrogen and oxygen atoms in total. The first-order valence-corrected chi connectivity index (χ1v) is 18.4. The van der Waals surface area contributed by atoms with Gasteiger partial charge in [0.2, 0.25) is 0 Å². The van der Waals surface area contributed by atoms with E-state index in [4.69, 9.17) is 0 Å². The maximum Gasteiger partial charge on any atom is 0.0204 e. The molecule has 5 aliphatic rings. The molecule has 0 amide bonds. The fraction of sp³-hybridized carbons (Fsp3) is 1.00. The van der Waals surface area contributed by atoms with E-state index in [-0.39, 0.29) is 15.8 Å². The first-order chi connectivity index (χ1) is 15.9. The molecule has 1 heterocycles. The maximum atomic E-state index is 3.18. The molecular weight excluding hydrogens is 426 g/mol. The minimum absolute atomic E-state index is 0.164. The molecule has 0 bridgehead atoms. The van der Waals surface area contributed by atoms with Gasteiger partial charge in [0.1, 0.15) is 0 Å².